The second kappa shape index (κ2) is 36.0. The minimum absolute atomic E-state index is 0.00734. The van der Waals surface area contributed by atoms with Crippen LogP contribution >= 0.6 is 0 Å². The van der Waals surface area contributed by atoms with Gasteiger partial charge in [0.05, 0.1) is 25.5 Å². The van der Waals surface area contributed by atoms with E-state index in [1.54, 1.807) is 53.7 Å². The number of hydrogen-bond donors (Lipinski definition) is 14. The minimum atomic E-state index is -1.58. The number of amides is 12. The average Bonchev–Trinajstić information content (AvgIpc) is 3.21. The molecule has 3 rings (SSSR count). The molecule has 31 nitrogen and oxygen atoms in total. The maximum atomic E-state index is 14.3. The largest absolute Gasteiger partial charge is 0.481 e. The number of imidazole rings is 1. The molecule has 1 aromatic carbocycles. The molecule has 0 bridgehead atoms. The molecule has 88 heavy (non-hydrogen) atoms. The van der Waals surface area contributed by atoms with Crippen molar-refractivity contribution in [1.82, 2.24) is 68.0 Å². The van der Waals surface area contributed by atoms with E-state index >= 15 is 0 Å². The van der Waals surface area contributed by atoms with Gasteiger partial charge in [-0.15, -0.1) is 0 Å². The summed E-state index contributed by atoms with van der Waals surface area (Å²) in [5, 5.41) is 43.1. The van der Waals surface area contributed by atoms with E-state index in [-0.39, 0.29) is 51.5 Å². The van der Waals surface area contributed by atoms with Gasteiger partial charge in [0.2, 0.25) is 70.8 Å². The fourth-order valence-electron chi connectivity index (χ4n) is 9.25. The molecule has 1 aromatic heterocycles. The summed E-state index contributed by atoms with van der Waals surface area (Å²) in [4.78, 5) is 204. The first-order valence-corrected chi connectivity index (χ1v) is 29.0. The molecule has 484 valence electrons. The number of nitrogens with one attached hydrogen (secondary N) is 11. The van der Waals surface area contributed by atoms with E-state index < -0.39 is 187 Å². The maximum absolute atomic E-state index is 14.3. The van der Waals surface area contributed by atoms with Crippen LogP contribution in [0, 0.1) is 18.8 Å². The SMILES string of the molecule is CCC[C@H](NC(=O)[C@@H]1CCCN1C(=O)[C@@H](NC(=O)C(NC(=O)[C@H](CCC(=O)O)NC(=O)[C@H](CCC(=O)O)NC(C)=O)C(C)C)C(C)C)C(=O)C(=O)NCC(=O)NCC(=O)N[C@H](Cc1cnc[nH]1)C(=O)N[C@@H](Cc1ccc(C)cc1)C(=O)N[C@@H](CC)C(N)=O. The van der Waals surface area contributed by atoms with E-state index in [9.17, 15) is 77.0 Å². The van der Waals surface area contributed by atoms with Crippen LogP contribution < -0.4 is 58.9 Å². The van der Waals surface area contributed by atoms with Crippen molar-refractivity contribution < 1.29 is 82.1 Å². The van der Waals surface area contributed by atoms with Crippen LogP contribution in [0.4, 0.5) is 0 Å². The van der Waals surface area contributed by atoms with Gasteiger partial charge in [0.25, 0.3) is 5.91 Å². The molecule has 31 heteroatoms. The summed E-state index contributed by atoms with van der Waals surface area (Å²) >= 11 is 0. The van der Waals surface area contributed by atoms with Crippen LogP contribution in [0.25, 0.3) is 0 Å². The van der Waals surface area contributed by atoms with Crippen molar-refractivity contribution in [3.05, 3.63) is 53.6 Å². The number of nitrogens with two attached hydrogens (primary N) is 1. The monoisotopic (exact) mass is 1240 g/mol. The number of primary amides is 1. The molecule has 1 fully saturated rings. The number of carboxylic acid groups (broad SMARTS) is 2. The molecule has 2 aromatic rings. The summed E-state index contributed by atoms with van der Waals surface area (Å²) in [5.74, 6) is -15.5. The molecule has 0 radical (unpaired) electrons. The number of carbonyl (C=O) groups is 15. The molecule has 1 aliphatic rings. The van der Waals surface area contributed by atoms with Crippen LogP contribution in [-0.2, 0) is 84.8 Å². The molecule has 12 amide bonds. The molecule has 9 atom stereocenters. The number of ketones is 1. The number of aromatic nitrogens is 2. The lowest BCUT2D eigenvalue weighted by Gasteiger charge is -2.33. The Morgan fingerprint density at radius 2 is 1.16 bits per heavy atom. The van der Waals surface area contributed by atoms with Crippen molar-refractivity contribution in [2.24, 2.45) is 17.6 Å². The van der Waals surface area contributed by atoms with Gasteiger partial charge < -0.3 is 79.0 Å². The number of hydrogen-bond acceptors (Lipinski definition) is 16. The van der Waals surface area contributed by atoms with Gasteiger partial charge in [0.15, 0.2) is 0 Å². The second-order valence-electron chi connectivity index (χ2n) is 22.0. The zero-order chi connectivity index (χ0) is 65.9. The van der Waals surface area contributed by atoms with E-state index in [4.69, 9.17) is 10.8 Å². The zero-order valence-corrected chi connectivity index (χ0v) is 50.7. The molecule has 2 heterocycles. The molecule has 1 saturated heterocycles. The van der Waals surface area contributed by atoms with Gasteiger partial charge in [-0.05, 0) is 62.8 Å². The first-order chi connectivity index (χ1) is 41.5. The van der Waals surface area contributed by atoms with E-state index in [0.29, 0.717) is 17.7 Å². The lowest BCUT2D eigenvalue weighted by atomic mass is 9.98. The van der Waals surface area contributed by atoms with Crippen molar-refractivity contribution >= 4 is 88.6 Å². The van der Waals surface area contributed by atoms with E-state index in [2.05, 4.69) is 63.1 Å². The third-order valence-electron chi connectivity index (χ3n) is 14.1. The van der Waals surface area contributed by atoms with E-state index in [0.717, 1.165) is 12.5 Å². The summed E-state index contributed by atoms with van der Waals surface area (Å²) < 4.78 is 0. The third-order valence-corrected chi connectivity index (χ3v) is 14.1. The smallest absolute Gasteiger partial charge is 0.303 e. The Morgan fingerprint density at radius 1 is 0.625 bits per heavy atom. The summed E-state index contributed by atoms with van der Waals surface area (Å²) in [6, 6.07) is -4.76. The topological polar surface area (TPSA) is 475 Å². The first kappa shape index (κ1) is 72.9. The quantitative estimate of drug-likeness (QED) is 0.0299. The lowest BCUT2D eigenvalue weighted by Crippen LogP contribution is -2.61. The van der Waals surface area contributed by atoms with Gasteiger partial charge >= 0.3 is 11.9 Å². The predicted octanol–water partition coefficient (Wildman–Crippen LogP) is -3.07. The summed E-state index contributed by atoms with van der Waals surface area (Å²) in [6.45, 7) is 11.1. The van der Waals surface area contributed by atoms with Crippen molar-refractivity contribution in [1.29, 1.82) is 0 Å². The average molecular weight is 1240 g/mol. The molecule has 0 saturated carbocycles. The van der Waals surface area contributed by atoms with Crippen LogP contribution in [0.2, 0.25) is 0 Å². The highest BCUT2D eigenvalue weighted by Crippen LogP contribution is 2.22. The number of aryl methyl sites for hydroxylation is 1. The first-order valence-electron chi connectivity index (χ1n) is 29.0. The Labute approximate surface area is 508 Å². The van der Waals surface area contributed by atoms with E-state index in [1.807, 2.05) is 19.1 Å². The molecule has 15 N–H and O–H groups in total. The Hall–Kier alpha value is -9.32. The fourth-order valence-corrected chi connectivity index (χ4v) is 9.25. The predicted molar refractivity (Wildman–Crippen MR) is 312 cm³/mol. The van der Waals surface area contributed by atoms with Gasteiger partial charge in [-0.1, -0.05) is 77.8 Å². The molecular weight excluding hydrogens is 1150 g/mol. The van der Waals surface area contributed by atoms with Crippen LogP contribution in [0.1, 0.15) is 123 Å². The van der Waals surface area contributed by atoms with Crippen LogP contribution in [-0.4, -0.2) is 188 Å². The number of rotatable bonds is 37. The summed E-state index contributed by atoms with van der Waals surface area (Å²) in [5.41, 5.74) is 7.49. The molecule has 1 unspecified atom stereocenters. The number of benzene rings is 1. The zero-order valence-electron chi connectivity index (χ0n) is 50.7. The fraction of sp³-hybridized carbons (Fsp3) is 0.579. The molecule has 0 aliphatic carbocycles. The number of carbonyl (C=O) groups excluding carboxylic acids is 13. The van der Waals surface area contributed by atoms with Crippen molar-refractivity contribution in [3.63, 3.8) is 0 Å². The van der Waals surface area contributed by atoms with Crippen LogP contribution in [0.15, 0.2) is 36.8 Å². The Morgan fingerprint density at radius 3 is 1.69 bits per heavy atom. The molecular formula is C57H84N14O17. The van der Waals surface area contributed by atoms with E-state index in [1.165, 1.54) is 17.4 Å². The van der Waals surface area contributed by atoms with Crippen LogP contribution in [0.3, 0.4) is 0 Å². The number of aromatic amines is 1. The van der Waals surface area contributed by atoms with Gasteiger partial charge in [0, 0.05) is 51.0 Å². The maximum Gasteiger partial charge on any atom is 0.303 e. The highest BCUT2D eigenvalue weighted by atomic mass is 16.4. The van der Waals surface area contributed by atoms with Gasteiger partial charge in [-0.25, -0.2) is 4.98 Å². The number of Topliss-reactive ketones (excluding diaryl/α,β-unsaturated/α-hetero) is 1. The number of likely N-dealkylation sites (tertiary alicyclic amines) is 1. The summed E-state index contributed by atoms with van der Waals surface area (Å²) in [7, 11) is 0. The number of nitrogens with zero attached hydrogens (tertiary/aromatic N) is 2. The van der Waals surface area contributed by atoms with Gasteiger partial charge in [-0.3, -0.25) is 71.9 Å². The number of H-pyrrole nitrogens is 1. The Bertz CT molecular complexity index is 2830. The van der Waals surface area contributed by atoms with Crippen molar-refractivity contribution in [2.75, 3.05) is 19.6 Å². The van der Waals surface area contributed by atoms with Gasteiger partial charge in [0.1, 0.15) is 48.3 Å². The summed E-state index contributed by atoms with van der Waals surface area (Å²) in [6.07, 6.45) is 1.45. The number of carboxylic acids is 2. The van der Waals surface area contributed by atoms with Crippen molar-refractivity contribution in [2.45, 2.75) is 180 Å². The lowest BCUT2D eigenvalue weighted by molar-refractivity contribution is -0.144. The highest BCUT2D eigenvalue weighted by Gasteiger charge is 2.42. The number of aliphatic carboxylic acids is 2. The minimum Gasteiger partial charge on any atom is -0.481 e. The Kier molecular flexibility index (Phi) is 29.8. The van der Waals surface area contributed by atoms with Gasteiger partial charge in [-0.2, -0.15) is 0 Å². The Balaban J connectivity index is 1.67. The highest BCUT2D eigenvalue weighted by molar-refractivity contribution is 6.38. The normalized spacial score (nSPS) is 15.5. The molecule has 1 aliphatic heterocycles. The second-order valence-corrected chi connectivity index (χ2v) is 22.0. The standard InChI is InChI=1S/C57H84N14O17/c1-9-12-36(48(79)56(87)61-26-42(73)60-27-43(74)64-40(24-34-25-59-28-62-34)53(84)68-39(23-33-16-14-31(7)15-17-33)52(83)65-35(10-2)49(58)80)66-54(85)41-13-11-22-71(41)57(88)47(30(5)6)70-55(86)46(29(3)4)69-51(82)38(19-21-45(77)78)67-50(81)37(63-32(8)72)18-20-44(75)76/h14-17,25,28-30,35-41,46-47H,9-13,18-24,26-27H2,1-8H3,(H2,58,80)(H,59,62)(H,60,73)(H,61,87)(H,63,72)(H,64,74)(H,65,83)(H,66,85)(H,67,81)(H,68,84)(H,69,82)(H,70,86)(H,75,76)(H,77,78)/t35-,36-,37-,38-,39-,40+,41-,46?,47-/m0/s1. The van der Waals surface area contributed by atoms with Crippen LogP contribution in [0.5, 0.6) is 0 Å². The van der Waals surface area contributed by atoms with Crippen molar-refractivity contribution in [3.8, 4) is 0 Å². The third kappa shape index (κ3) is 24.2. The molecule has 0 spiro atoms.